The van der Waals surface area contributed by atoms with Crippen LogP contribution in [0.2, 0.25) is 0 Å². The van der Waals surface area contributed by atoms with Crippen LogP contribution in [-0.2, 0) is 6.42 Å². The summed E-state index contributed by atoms with van der Waals surface area (Å²) in [5, 5.41) is 0. The van der Waals surface area contributed by atoms with Gasteiger partial charge in [-0.3, -0.25) is 4.98 Å². The Hall–Kier alpha value is -1.29. The van der Waals surface area contributed by atoms with E-state index in [1.54, 1.807) is 20.2 Å². The lowest BCUT2D eigenvalue weighted by Gasteiger charge is -2.12. The summed E-state index contributed by atoms with van der Waals surface area (Å²) in [6.45, 7) is 3.89. The van der Waals surface area contributed by atoms with Crippen molar-refractivity contribution in [2.75, 3.05) is 14.1 Å². The zero-order valence-corrected chi connectivity index (χ0v) is 10.8. The summed E-state index contributed by atoms with van der Waals surface area (Å²) in [5.74, 6) is 0.543. The average molecular weight is 245 g/mol. The Morgan fingerprint density at radius 2 is 2.06 bits per heavy atom. The minimum atomic E-state index is -0.379. The van der Waals surface area contributed by atoms with Crippen LogP contribution in [0.3, 0.4) is 0 Å². The van der Waals surface area contributed by atoms with E-state index in [9.17, 15) is 4.79 Å². The van der Waals surface area contributed by atoms with E-state index in [-0.39, 0.29) is 18.5 Å². The second-order valence-electron chi connectivity index (χ2n) is 3.51. The van der Waals surface area contributed by atoms with Gasteiger partial charge in [0, 0.05) is 19.8 Å². The van der Waals surface area contributed by atoms with Crippen molar-refractivity contribution >= 4 is 18.5 Å². The summed E-state index contributed by atoms with van der Waals surface area (Å²) in [4.78, 5) is 17.0. The van der Waals surface area contributed by atoms with Crippen molar-refractivity contribution in [2.24, 2.45) is 0 Å². The molecule has 16 heavy (non-hydrogen) atoms. The average Bonchev–Trinajstić information content (AvgIpc) is 2.20. The molecule has 0 aliphatic rings. The Labute approximate surface area is 102 Å². The lowest BCUT2D eigenvalue weighted by molar-refractivity contribution is 0.171. The van der Waals surface area contributed by atoms with Gasteiger partial charge < -0.3 is 9.64 Å². The number of carbonyl (C=O) groups excluding carboxylic acids is 1. The first kappa shape index (κ1) is 14.7. The Bertz CT molecular complexity index is 367. The third-order valence-electron chi connectivity index (χ3n) is 1.97. The highest BCUT2D eigenvalue weighted by Gasteiger charge is 2.10. The van der Waals surface area contributed by atoms with Gasteiger partial charge in [0.15, 0.2) is 5.75 Å². The number of aromatic nitrogens is 1. The maximum absolute atomic E-state index is 11.3. The molecule has 0 fully saturated rings. The SMILES string of the molecule is CCc1nc(C)ccc1OC(=O)N(C)C.Cl. The van der Waals surface area contributed by atoms with Crippen LogP contribution in [0.1, 0.15) is 18.3 Å². The highest BCUT2D eigenvalue weighted by atomic mass is 35.5. The molecule has 1 rings (SSSR count). The number of hydrogen-bond donors (Lipinski definition) is 0. The fourth-order valence-corrected chi connectivity index (χ4v) is 1.13. The molecule has 90 valence electrons. The highest BCUT2D eigenvalue weighted by molar-refractivity contribution is 5.85. The first-order chi connectivity index (χ1) is 7.04. The predicted molar refractivity (Wildman–Crippen MR) is 65.3 cm³/mol. The Morgan fingerprint density at radius 3 is 2.56 bits per heavy atom. The largest absolute Gasteiger partial charge is 0.414 e. The second kappa shape index (κ2) is 6.33. The van der Waals surface area contributed by atoms with E-state index in [1.807, 2.05) is 19.9 Å². The smallest absolute Gasteiger partial charge is 0.408 e. The number of rotatable bonds is 2. The molecule has 0 aliphatic carbocycles. The van der Waals surface area contributed by atoms with Crippen molar-refractivity contribution in [1.29, 1.82) is 0 Å². The molecular weight excluding hydrogens is 228 g/mol. The molecule has 0 bridgehead atoms. The van der Waals surface area contributed by atoms with Crippen molar-refractivity contribution in [2.45, 2.75) is 20.3 Å². The molecule has 0 spiro atoms. The Morgan fingerprint density at radius 1 is 1.44 bits per heavy atom. The third kappa shape index (κ3) is 3.70. The van der Waals surface area contributed by atoms with Gasteiger partial charge >= 0.3 is 6.09 Å². The van der Waals surface area contributed by atoms with Crippen LogP contribution < -0.4 is 4.74 Å². The van der Waals surface area contributed by atoms with Crippen LogP contribution in [0.4, 0.5) is 4.79 Å². The minimum Gasteiger partial charge on any atom is -0.408 e. The maximum Gasteiger partial charge on any atom is 0.414 e. The van der Waals surface area contributed by atoms with Gasteiger partial charge in [-0.15, -0.1) is 12.4 Å². The number of carbonyl (C=O) groups is 1. The van der Waals surface area contributed by atoms with Crippen LogP contribution >= 0.6 is 12.4 Å². The van der Waals surface area contributed by atoms with Gasteiger partial charge in [-0.2, -0.15) is 0 Å². The molecule has 0 N–H and O–H groups in total. The summed E-state index contributed by atoms with van der Waals surface area (Å²) in [6, 6.07) is 3.61. The minimum absolute atomic E-state index is 0. The van der Waals surface area contributed by atoms with Crippen LogP contribution in [0.25, 0.3) is 0 Å². The van der Waals surface area contributed by atoms with Crippen LogP contribution in [-0.4, -0.2) is 30.1 Å². The van der Waals surface area contributed by atoms with Gasteiger partial charge in [0.05, 0.1) is 5.69 Å². The number of halogens is 1. The van der Waals surface area contributed by atoms with Gasteiger partial charge in [-0.05, 0) is 25.5 Å². The Balaban J connectivity index is 0.00000225. The molecule has 1 aromatic rings. The second-order valence-corrected chi connectivity index (χ2v) is 3.51. The van der Waals surface area contributed by atoms with E-state index >= 15 is 0 Å². The maximum atomic E-state index is 11.3. The summed E-state index contributed by atoms with van der Waals surface area (Å²) < 4.78 is 5.18. The van der Waals surface area contributed by atoms with Gasteiger partial charge in [-0.25, -0.2) is 4.79 Å². The summed E-state index contributed by atoms with van der Waals surface area (Å²) in [7, 11) is 3.30. The fourth-order valence-electron chi connectivity index (χ4n) is 1.13. The molecule has 4 nitrogen and oxygen atoms in total. The molecule has 1 heterocycles. The van der Waals surface area contributed by atoms with Gasteiger partial charge in [-0.1, -0.05) is 6.92 Å². The summed E-state index contributed by atoms with van der Waals surface area (Å²) in [5.41, 5.74) is 1.74. The van der Waals surface area contributed by atoms with Gasteiger partial charge in [0.25, 0.3) is 0 Å². The summed E-state index contributed by atoms with van der Waals surface area (Å²) in [6.07, 6.45) is 0.368. The first-order valence-electron chi connectivity index (χ1n) is 4.90. The van der Waals surface area contributed by atoms with Gasteiger partial charge in [0.2, 0.25) is 0 Å². The normalized spacial score (nSPS) is 9.25. The molecule has 0 saturated carbocycles. The van der Waals surface area contributed by atoms with Crippen LogP contribution in [0.5, 0.6) is 5.75 Å². The number of aryl methyl sites for hydroxylation is 2. The van der Waals surface area contributed by atoms with Crippen molar-refractivity contribution < 1.29 is 9.53 Å². The molecule has 0 unspecified atom stereocenters. The van der Waals surface area contributed by atoms with Crippen molar-refractivity contribution in [3.63, 3.8) is 0 Å². The van der Waals surface area contributed by atoms with Crippen LogP contribution in [0.15, 0.2) is 12.1 Å². The molecule has 0 saturated heterocycles. The van der Waals surface area contributed by atoms with Crippen LogP contribution in [0, 0.1) is 6.92 Å². The molecule has 1 aromatic heterocycles. The molecule has 5 heteroatoms. The highest BCUT2D eigenvalue weighted by Crippen LogP contribution is 2.17. The molecule has 0 radical (unpaired) electrons. The number of nitrogens with zero attached hydrogens (tertiary/aromatic N) is 2. The number of amides is 1. The molecule has 1 amide bonds. The standard InChI is InChI=1S/C11H16N2O2.ClH/c1-5-9-10(7-6-8(2)12-9)15-11(14)13(3)4;/h6-7H,5H2,1-4H3;1H. The van der Waals surface area contributed by atoms with E-state index in [1.165, 1.54) is 4.90 Å². The molecular formula is C11H17ClN2O2. The van der Waals surface area contributed by atoms with Crippen molar-refractivity contribution in [1.82, 2.24) is 9.88 Å². The zero-order chi connectivity index (χ0) is 11.4. The topological polar surface area (TPSA) is 42.4 Å². The Kier molecular flexibility index (Phi) is 5.82. The van der Waals surface area contributed by atoms with E-state index in [4.69, 9.17) is 4.74 Å². The van der Waals surface area contributed by atoms with E-state index in [0.717, 1.165) is 17.8 Å². The first-order valence-corrected chi connectivity index (χ1v) is 4.90. The number of hydrogen-bond acceptors (Lipinski definition) is 3. The lowest BCUT2D eigenvalue weighted by atomic mass is 10.2. The molecule has 0 aliphatic heterocycles. The quantitative estimate of drug-likeness (QED) is 0.803. The van der Waals surface area contributed by atoms with E-state index in [2.05, 4.69) is 4.98 Å². The molecule has 0 atom stereocenters. The van der Waals surface area contributed by atoms with Crippen molar-refractivity contribution in [3.05, 3.63) is 23.5 Å². The van der Waals surface area contributed by atoms with Crippen molar-refractivity contribution in [3.8, 4) is 5.75 Å². The van der Waals surface area contributed by atoms with E-state index < -0.39 is 0 Å². The molecule has 0 aromatic carbocycles. The zero-order valence-electron chi connectivity index (χ0n) is 9.98. The van der Waals surface area contributed by atoms with Gasteiger partial charge in [0.1, 0.15) is 0 Å². The lowest BCUT2D eigenvalue weighted by Crippen LogP contribution is -2.25. The third-order valence-corrected chi connectivity index (χ3v) is 1.97. The monoisotopic (exact) mass is 244 g/mol. The summed E-state index contributed by atoms with van der Waals surface area (Å²) >= 11 is 0. The number of pyridine rings is 1. The fraction of sp³-hybridized carbons (Fsp3) is 0.455. The predicted octanol–water partition coefficient (Wildman–Crippen LogP) is 2.43. The van der Waals surface area contributed by atoms with E-state index in [0.29, 0.717) is 5.75 Å². The number of ether oxygens (including phenoxy) is 1.